The minimum atomic E-state index is -0.343. The minimum absolute atomic E-state index is 0.0782. The first-order valence-corrected chi connectivity index (χ1v) is 6.57. The Labute approximate surface area is 114 Å². The number of esters is 1. The molecule has 1 rings (SSSR count). The molecule has 0 aliphatic carbocycles. The standard InChI is InChI=1S/C14H22N2O3/c1-4-5-8-18-14(17)10-19-13-7-6-11(2)16-12(13)9-15-3/h6-7,15H,4-5,8-10H2,1-3H3. The van der Waals surface area contributed by atoms with Crippen molar-refractivity contribution in [3.63, 3.8) is 0 Å². The SMILES string of the molecule is CCCCOC(=O)COc1ccc(C)nc1CNC. The molecule has 1 aromatic rings. The second kappa shape index (κ2) is 8.48. The number of unbranched alkanes of at least 4 members (excludes halogenated alkanes) is 1. The van der Waals surface area contributed by atoms with Gasteiger partial charge in [0, 0.05) is 12.2 Å². The Balaban J connectivity index is 2.50. The van der Waals surface area contributed by atoms with Gasteiger partial charge in [0.1, 0.15) is 5.75 Å². The van der Waals surface area contributed by atoms with Gasteiger partial charge in [0.2, 0.25) is 0 Å². The molecule has 1 heterocycles. The molecule has 1 aromatic heterocycles. The fourth-order valence-electron chi connectivity index (χ4n) is 1.53. The largest absolute Gasteiger partial charge is 0.480 e. The van der Waals surface area contributed by atoms with Gasteiger partial charge in [-0.3, -0.25) is 4.98 Å². The third kappa shape index (κ3) is 5.70. The Kier molecular flexibility index (Phi) is 6.89. The summed E-state index contributed by atoms with van der Waals surface area (Å²) in [4.78, 5) is 15.8. The lowest BCUT2D eigenvalue weighted by Gasteiger charge is -2.11. The second-order valence-corrected chi connectivity index (χ2v) is 4.29. The van der Waals surface area contributed by atoms with E-state index in [1.165, 1.54) is 0 Å². The van der Waals surface area contributed by atoms with E-state index in [1.807, 2.05) is 33.0 Å². The molecule has 0 saturated heterocycles. The van der Waals surface area contributed by atoms with E-state index in [4.69, 9.17) is 9.47 Å². The summed E-state index contributed by atoms with van der Waals surface area (Å²) >= 11 is 0. The number of aromatic nitrogens is 1. The van der Waals surface area contributed by atoms with E-state index < -0.39 is 0 Å². The van der Waals surface area contributed by atoms with Gasteiger partial charge in [0.25, 0.3) is 0 Å². The topological polar surface area (TPSA) is 60.5 Å². The highest BCUT2D eigenvalue weighted by molar-refractivity contribution is 5.71. The molecule has 0 aromatic carbocycles. The smallest absolute Gasteiger partial charge is 0.344 e. The third-order valence-corrected chi connectivity index (χ3v) is 2.52. The van der Waals surface area contributed by atoms with Crippen LogP contribution < -0.4 is 10.1 Å². The fourth-order valence-corrected chi connectivity index (χ4v) is 1.53. The van der Waals surface area contributed by atoms with Crippen LogP contribution >= 0.6 is 0 Å². The first-order chi connectivity index (χ1) is 9.17. The number of aryl methyl sites for hydroxylation is 1. The Morgan fingerprint density at radius 1 is 1.42 bits per heavy atom. The highest BCUT2D eigenvalue weighted by Gasteiger charge is 2.08. The van der Waals surface area contributed by atoms with E-state index >= 15 is 0 Å². The van der Waals surface area contributed by atoms with Gasteiger partial charge in [0.05, 0.1) is 12.3 Å². The van der Waals surface area contributed by atoms with Crippen molar-refractivity contribution in [2.24, 2.45) is 0 Å². The fraction of sp³-hybridized carbons (Fsp3) is 0.571. The summed E-state index contributed by atoms with van der Waals surface area (Å²) in [5.41, 5.74) is 1.71. The van der Waals surface area contributed by atoms with Gasteiger partial charge in [-0.15, -0.1) is 0 Å². The van der Waals surface area contributed by atoms with Crippen LogP contribution in [0.5, 0.6) is 5.75 Å². The lowest BCUT2D eigenvalue weighted by atomic mass is 10.3. The number of pyridine rings is 1. The molecular weight excluding hydrogens is 244 g/mol. The number of hydrogen-bond acceptors (Lipinski definition) is 5. The summed E-state index contributed by atoms with van der Waals surface area (Å²) in [6.07, 6.45) is 1.88. The molecule has 5 heteroatoms. The summed E-state index contributed by atoms with van der Waals surface area (Å²) in [6, 6.07) is 3.69. The van der Waals surface area contributed by atoms with Crippen LogP contribution in [0.15, 0.2) is 12.1 Å². The number of carbonyl (C=O) groups excluding carboxylic acids is 1. The second-order valence-electron chi connectivity index (χ2n) is 4.29. The van der Waals surface area contributed by atoms with Crippen molar-refractivity contribution in [2.45, 2.75) is 33.2 Å². The van der Waals surface area contributed by atoms with E-state index in [1.54, 1.807) is 0 Å². The normalized spacial score (nSPS) is 10.3. The molecule has 5 nitrogen and oxygen atoms in total. The summed E-state index contributed by atoms with van der Waals surface area (Å²) in [7, 11) is 1.84. The van der Waals surface area contributed by atoms with Gasteiger partial charge in [0.15, 0.2) is 6.61 Å². The van der Waals surface area contributed by atoms with Crippen molar-refractivity contribution >= 4 is 5.97 Å². The van der Waals surface area contributed by atoms with Crippen molar-refractivity contribution in [1.82, 2.24) is 10.3 Å². The average Bonchev–Trinajstić information content (AvgIpc) is 2.38. The molecule has 0 saturated carbocycles. The Morgan fingerprint density at radius 3 is 2.89 bits per heavy atom. The molecule has 106 valence electrons. The van der Waals surface area contributed by atoms with Crippen LogP contribution in [0.3, 0.4) is 0 Å². The summed E-state index contributed by atoms with van der Waals surface area (Å²) in [5, 5.41) is 3.02. The van der Waals surface area contributed by atoms with Crippen molar-refractivity contribution in [2.75, 3.05) is 20.3 Å². The van der Waals surface area contributed by atoms with Crippen molar-refractivity contribution < 1.29 is 14.3 Å². The van der Waals surface area contributed by atoms with Crippen LogP contribution in [0.25, 0.3) is 0 Å². The lowest BCUT2D eigenvalue weighted by molar-refractivity contribution is -0.146. The van der Waals surface area contributed by atoms with Crippen LogP contribution in [0.4, 0.5) is 0 Å². The summed E-state index contributed by atoms with van der Waals surface area (Å²) in [6.45, 7) is 4.94. The van der Waals surface area contributed by atoms with E-state index in [9.17, 15) is 4.79 Å². The zero-order valence-electron chi connectivity index (χ0n) is 11.9. The Hall–Kier alpha value is -1.62. The first kappa shape index (κ1) is 15.4. The molecule has 0 fully saturated rings. The highest BCUT2D eigenvalue weighted by Crippen LogP contribution is 2.16. The van der Waals surface area contributed by atoms with Crippen LogP contribution in [-0.2, 0) is 16.1 Å². The van der Waals surface area contributed by atoms with Gasteiger partial charge >= 0.3 is 5.97 Å². The van der Waals surface area contributed by atoms with Gasteiger partial charge in [-0.1, -0.05) is 13.3 Å². The zero-order chi connectivity index (χ0) is 14.1. The quantitative estimate of drug-likeness (QED) is 0.574. The van der Waals surface area contributed by atoms with E-state index in [0.717, 1.165) is 24.2 Å². The summed E-state index contributed by atoms with van der Waals surface area (Å²) < 4.78 is 10.5. The van der Waals surface area contributed by atoms with Crippen LogP contribution in [0.2, 0.25) is 0 Å². The number of ether oxygens (including phenoxy) is 2. The maximum Gasteiger partial charge on any atom is 0.344 e. The molecule has 0 spiro atoms. The van der Waals surface area contributed by atoms with Gasteiger partial charge in [-0.25, -0.2) is 4.79 Å². The van der Waals surface area contributed by atoms with Crippen LogP contribution in [-0.4, -0.2) is 31.2 Å². The Morgan fingerprint density at radius 2 is 2.21 bits per heavy atom. The molecule has 0 radical (unpaired) electrons. The predicted molar refractivity (Wildman–Crippen MR) is 73.1 cm³/mol. The van der Waals surface area contributed by atoms with E-state index in [-0.39, 0.29) is 12.6 Å². The molecule has 0 aliphatic rings. The zero-order valence-corrected chi connectivity index (χ0v) is 11.9. The maximum atomic E-state index is 11.4. The molecule has 0 aliphatic heterocycles. The lowest BCUT2D eigenvalue weighted by Crippen LogP contribution is -2.17. The van der Waals surface area contributed by atoms with E-state index in [2.05, 4.69) is 10.3 Å². The van der Waals surface area contributed by atoms with E-state index in [0.29, 0.717) is 18.9 Å². The van der Waals surface area contributed by atoms with Crippen molar-refractivity contribution in [3.8, 4) is 5.75 Å². The van der Waals surface area contributed by atoms with Crippen molar-refractivity contribution in [3.05, 3.63) is 23.5 Å². The number of rotatable bonds is 8. The number of nitrogens with one attached hydrogen (secondary N) is 1. The number of hydrogen-bond donors (Lipinski definition) is 1. The first-order valence-electron chi connectivity index (χ1n) is 6.57. The van der Waals surface area contributed by atoms with Crippen LogP contribution in [0, 0.1) is 6.92 Å². The average molecular weight is 266 g/mol. The van der Waals surface area contributed by atoms with Gasteiger partial charge < -0.3 is 14.8 Å². The predicted octanol–water partition coefficient (Wildman–Crippen LogP) is 1.83. The molecule has 1 N–H and O–H groups in total. The van der Waals surface area contributed by atoms with Gasteiger partial charge in [-0.2, -0.15) is 0 Å². The number of nitrogens with zero attached hydrogens (tertiary/aromatic N) is 1. The Bertz CT molecular complexity index is 408. The highest BCUT2D eigenvalue weighted by atomic mass is 16.6. The summed E-state index contributed by atoms with van der Waals surface area (Å²) in [5.74, 6) is 0.275. The maximum absolute atomic E-state index is 11.4. The molecule has 0 unspecified atom stereocenters. The number of carbonyl (C=O) groups is 1. The molecular formula is C14H22N2O3. The van der Waals surface area contributed by atoms with Crippen molar-refractivity contribution in [1.29, 1.82) is 0 Å². The minimum Gasteiger partial charge on any atom is -0.480 e. The monoisotopic (exact) mass is 266 g/mol. The molecule has 19 heavy (non-hydrogen) atoms. The molecule has 0 atom stereocenters. The van der Waals surface area contributed by atoms with Gasteiger partial charge in [-0.05, 0) is 32.5 Å². The van der Waals surface area contributed by atoms with Crippen LogP contribution in [0.1, 0.15) is 31.2 Å². The molecule has 0 amide bonds. The third-order valence-electron chi connectivity index (χ3n) is 2.52. The molecule has 0 bridgehead atoms.